The number of nitrogens with one attached hydrogen (secondary N) is 1. The highest BCUT2D eigenvalue weighted by Gasteiger charge is 2.16. The first-order valence-electron chi connectivity index (χ1n) is 5.73. The minimum atomic E-state index is -0.472. The van der Waals surface area contributed by atoms with Crippen LogP contribution in [-0.4, -0.2) is 29.7 Å². The van der Waals surface area contributed by atoms with Gasteiger partial charge in [0.2, 0.25) is 0 Å². The highest BCUT2D eigenvalue weighted by atomic mass is 16.6. The van der Waals surface area contributed by atoms with Crippen molar-refractivity contribution in [3.63, 3.8) is 0 Å². The molecule has 0 radical (unpaired) electrons. The number of rotatable bonds is 5. The fraction of sp³-hybridized carbons (Fsp3) is 0.545. The van der Waals surface area contributed by atoms with Gasteiger partial charge in [0.15, 0.2) is 5.82 Å². The normalized spacial score (nSPS) is 18.8. The van der Waals surface area contributed by atoms with Crippen molar-refractivity contribution in [1.29, 1.82) is 0 Å². The Morgan fingerprint density at radius 1 is 1.72 bits per heavy atom. The van der Waals surface area contributed by atoms with E-state index < -0.39 is 4.92 Å². The molecule has 2 rings (SSSR count). The molecule has 1 N–H and O–H groups in total. The fourth-order valence-electron chi connectivity index (χ4n) is 1.71. The molecule has 2 heterocycles. The summed E-state index contributed by atoms with van der Waals surface area (Å²) in [5.41, 5.74) is 3.36. The number of ether oxygens (including phenoxy) is 1. The van der Waals surface area contributed by atoms with Gasteiger partial charge < -0.3 is 4.74 Å². The van der Waals surface area contributed by atoms with Crippen molar-refractivity contribution < 1.29 is 14.5 Å². The zero-order chi connectivity index (χ0) is 13.0. The molecule has 1 aromatic rings. The topological polar surface area (TPSA) is 86.5 Å². The van der Waals surface area contributed by atoms with E-state index >= 15 is 0 Å². The number of anilines is 1. The maximum absolute atomic E-state index is 10.6. The first-order chi connectivity index (χ1) is 8.66. The van der Waals surface area contributed by atoms with E-state index in [9.17, 15) is 10.1 Å². The summed E-state index contributed by atoms with van der Waals surface area (Å²) in [5, 5.41) is 10.6. The minimum Gasteiger partial charge on any atom is -0.381 e. The molecule has 1 saturated heterocycles. The van der Waals surface area contributed by atoms with E-state index in [0.29, 0.717) is 30.5 Å². The van der Waals surface area contributed by atoms with E-state index in [-0.39, 0.29) is 5.69 Å². The second kappa shape index (κ2) is 5.74. The van der Waals surface area contributed by atoms with Crippen LogP contribution in [0.25, 0.3) is 0 Å². The van der Waals surface area contributed by atoms with Crippen molar-refractivity contribution in [2.24, 2.45) is 5.92 Å². The Morgan fingerprint density at radius 3 is 3.17 bits per heavy atom. The molecule has 7 heteroatoms. The van der Waals surface area contributed by atoms with Crippen LogP contribution in [0.15, 0.2) is 12.3 Å². The molecule has 1 aromatic heterocycles. The van der Waals surface area contributed by atoms with Crippen LogP contribution in [0.1, 0.15) is 12.0 Å². The molecule has 7 nitrogen and oxygen atoms in total. The van der Waals surface area contributed by atoms with E-state index in [0.717, 1.165) is 13.0 Å². The van der Waals surface area contributed by atoms with Gasteiger partial charge in [-0.15, -0.1) is 0 Å². The lowest BCUT2D eigenvalue weighted by Crippen LogP contribution is -2.14. The van der Waals surface area contributed by atoms with E-state index in [1.807, 2.05) is 0 Å². The molecule has 0 aromatic carbocycles. The molecule has 0 amide bonds. The molecular formula is C11H15N3O4. The quantitative estimate of drug-likeness (QED) is 0.634. The zero-order valence-electron chi connectivity index (χ0n) is 10.1. The Hall–Kier alpha value is -1.73. The third kappa shape index (κ3) is 3.14. The molecule has 0 saturated carbocycles. The van der Waals surface area contributed by atoms with Crippen LogP contribution < -0.4 is 5.48 Å². The summed E-state index contributed by atoms with van der Waals surface area (Å²) in [7, 11) is 0. The summed E-state index contributed by atoms with van der Waals surface area (Å²) in [6, 6.07) is 1.46. The number of aromatic nitrogens is 1. The predicted octanol–water partition coefficient (Wildman–Crippen LogP) is 1.68. The highest BCUT2D eigenvalue weighted by molar-refractivity contribution is 5.46. The molecule has 0 spiro atoms. The summed E-state index contributed by atoms with van der Waals surface area (Å²) in [6.45, 7) is 3.78. The molecule has 0 aliphatic carbocycles. The van der Waals surface area contributed by atoms with Gasteiger partial charge in [-0.25, -0.2) is 10.5 Å². The average Bonchev–Trinajstić information content (AvgIpc) is 2.84. The van der Waals surface area contributed by atoms with E-state index in [4.69, 9.17) is 9.57 Å². The Balaban J connectivity index is 1.87. The van der Waals surface area contributed by atoms with Crippen LogP contribution in [-0.2, 0) is 9.57 Å². The van der Waals surface area contributed by atoms with Gasteiger partial charge in [-0.1, -0.05) is 0 Å². The van der Waals surface area contributed by atoms with Gasteiger partial charge in [-0.2, -0.15) is 0 Å². The van der Waals surface area contributed by atoms with Crippen LogP contribution in [0.4, 0.5) is 11.5 Å². The summed E-state index contributed by atoms with van der Waals surface area (Å²) in [5.74, 6) is 0.898. The Morgan fingerprint density at radius 2 is 2.56 bits per heavy atom. The second-order valence-electron chi connectivity index (χ2n) is 4.26. The van der Waals surface area contributed by atoms with Gasteiger partial charge in [-0.3, -0.25) is 15.0 Å². The van der Waals surface area contributed by atoms with Gasteiger partial charge in [0.1, 0.15) is 6.20 Å². The number of hydrogen-bond donors (Lipinski definition) is 1. The van der Waals surface area contributed by atoms with Crippen molar-refractivity contribution in [2.45, 2.75) is 13.3 Å². The lowest BCUT2D eigenvalue weighted by Gasteiger charge is -2.11. The maximum atomic E-state index is 10.6. The third-order valence-electron chi connectivity index (χ3n) is 2.79. The number of nitro groups is 1. The molecule has 0 bridgehead atoms. The van der Waals surface area contributed by atoms with Crippen LogP contribution in [0.3, 0.4) is 0 Å². The van der Waals surface area contributed by atoms with E-state index in [1.165, 1.54) is 12.3 Å². The number of nitrogens with zero attached hydrogens (tertiary/aromatic N) is 2. The molecule has 1 aliphatic heterocycles. The van der Waals surface area contributed by atoms with Crippen LogP contribution in [0.2, 0.25) is 0 Å². The van der Waals surface area contributed by atoms with Crippen molar-refractivity contribution in [1.82, 2.24) is 4.98 Å². The predicted molar refractivity (Wildman–Crippen MR) is 64.1 cm³/mol. The SMILES string of the molecule is Cc1cc([N+](=O)[O-])cnc1NOCC1CCOC1. The molecule has 98 valence electrons. The van der Waals surface area contributed by atoms with Crippen molar-refractivity contribution in [3.05, 3.63) is 27.9 Å². The average molecular weight is 253 g/mol. The lowest BCUT2D eigenvalue weighted by atomic mass is 10.1. The van der Waals surface area contributed by atoms with Crippen LogP contribution in [0, 0.1) is 23.0 Å². The second-order valence-corrected chi connectivity index (χ2v) is 4.26. The summed E-state index contributed by atoms with van der Waals surface area (Å²) >= 11 is 0. The van der Waals surface area contributed by atoms with Crippen LogP contribution in [0.5, 0.6) is 0 Å². The van der Waals surface area contributed by atoms with Gasteiger partial charge in [0, 0.05) is 24.2 Å². The van der Waals surface area contributed by atoms with E-state index in [1.54, 1.807) is 6.92 Å². The number of pyridine rings is 1. The molecule has 1 aliphatic rings. The Labute approximate surface area is 104 Å². The van der Waals surface area contributed by atoms with E-state index in [2.05, 4.69) is 10.5 Å². The smallest absolute Gasteiger partial charge is 0.287 e. The summed E-state index contributed by atoms with van der Waals surface area (Å²) in [6.07, 6.45) is 2.20. The van der Waals surface area contributed by atoms with Gasteiger partial charge in [0.05, 0.1) is 18.1 Å². The summed E-state index contributed by atoms with van der Waals surface area (Å²) < 4.78 is 5.23. The monoisotopic (exact) mass is 253 g/mol. The molecule has 1 fully saturated rings. The Kier molecular flexibility index (Phi) is 4.06. The van der Waals surface area contributed by atoms with Crippen molar-refractivity contribution >= 4 is 11.5 Å². The largest absolute Gasteiger partial charge is 0.381 e. The summed E-state index contributed by atoms with van der Waals surface area (Å²) in [4.78, 5) is 19.4. The van der Waals surface area contributed by atoms with Crippen molar-refractivity contribution in [3.8, 4) is 0 Å². The number of hydrogen-bond acceptors (Lipinski definition) is 6. The lowest BCUT2D eigenvalue weighted by molar-refractivity contribution is -0.385. The number of aryl methyl sites for hydroxylation is 1. The van der Waals surface area contributed by atoms with Gasteiger partial charge in [0.25, 0.3) is 5.69 Å². The molecule has 18 heavy (non-hydrogen) atoms. The fourth-order valence-corrected chi connectivity index (χ4v) is 1.71. The first kappa shape index (κ1) is 12.7. The van der Waals surface area contributed by atoms with Crippen molar-refractivity contribution in [2.75, 3.05) is 25.3 Å². The van der Waals surface area contributed by atoms with Crippen LogP contribution >= 0.6 is 0 Å². The zero-order valence-corrected chi connectivity index (χ0v) is 10.1. The third-order valence-corrected chi connectivity index (χ3v) is 2.79. The molecular weight excluding hydrogens is 238 g/mol. The maximum Gasteiger partial charge on any atom is 0.287 e. The van der Waals surface area contributed by atoms with Gasteiger partial charge in [-0.05, 0) is 13.3 Å². The van der Waals surface area contributed by atoms with Gasteiger partial charge >= 0.3 is 0 Å². The molecule has 1 atom stereocenters. The highest BCUT2D eigenvalue weighted by Crippen LogP contribution is 2.18. The minimum absolute atomic E-state index is 0.0257. The first-order valence-corrected chi connectivity index (χ1v) is 5.73. The Bertz CT molecular complexity index is 432. The standard InChI is InChI=1S/C11H15N3O4/c1-8-4-10(14(15)16)5-12-11(8)13-18-7-9-2-3-17-6-9/h4-5,9H,2-3,6-7H2,1H3,(H,12,13). The molecule has 1 unspecified atom stereocenters.